The van der Waals surface area contributed by atoms with E-state index >= 15 is 0 Å². The number of aromatic nitrogens is 4. The molecule has 5 nitrogen and oxygen atoms in total. The third-order valence-electron chi connectivity index (χ3n) is 12.7. The SMILES string of the molecule is [2H]c1c(Oc2[c-]c(-n3[c-][n+](-c4c(-c5ccccc5)cccc4-c4cc(C(C)(C)C)cc(C(C)(C)C)c4)c4ccccc43)ccc2)[c-]c2c(c1[2H])c1c([2H])c([2H])c([2H])c([2H])c1n2-c1cc(C(CC)CC)ccn1.[Pt]. The molecular weight excluding hydrogens is 1000 g/mol. The first-order chi connectivity index (χ1) is 34.4. The summed E-state index contributed by atoms with van der Waals surface area (Å²) in [5.74, 6) is 0.840. The largest absolute Gasteiger partial charge is 0.510 e. The normalized spacial score (nSPS) is 13.3. The third kappa shape index (κ3) is 8.67. The maximum Gasteiger partial charge on any atom is 0.268 e. The molecule has 338 valence electrons. The van der Waals surface area contributed by atoms with E-state index in [1.165, 1.54) is 11.1 Å². The van der Waals surface area contributed by atoms with Crippen molar-refractivity contribution in [3.8, 4) is 50.9 Å². The second-order valence-corrected chi connectivity index (χ2v) is 19.1. The number of imidazole rings is 1. The number of para-hydroxylation sites is 4. The minimum Gasteiger partial charge on any atom is -0.510 e. The second kappa shape index (κ2) is 18.3. The monoisotopic (exact) mass is 1060 g/mol. The van der Waals surface area contributed by atoms with Crippen LogP contribution in [0.2, 0.25) is 0 Å². The molecule has 0 amide bonds. The number of fused-ring (bicyclic) bond motifs is 4. The van der Waals surface area contributed by atoms with Crippen LogP contribution in [-0.2, 0) is 31.9 Å². The van der Waals surface area contributed by atoms with E-state index < -0.39 is 12.1 Å². The van der Waals surface area contributed by atoms with Crippen molar-refractivity contribution in [2.24, 2.45) is 0 Å². The van der Waals surface area contributed by atoms with Gasteiger partial charge in [-0.1, -0.05) is 170 Å². The Hall–Kier alpha value is -6.55. The zero-order valence-corrected chi connectivity index (χ0v) is 41.4. The van der Waals surface area contributed by atoms with Crippen LogP contribution in [0.5, 0.6) is 11.5 Å². The Morgan fingerprint density at radius 2 is 1.34 bits per heavy atom. The van der Waals surface area contributed by atoms with Gasteiger partial charge < -0.3 is 13.9 Å². The van der Waals surface area contributed by atoms with E-state index in [0.717, 1.165) is 57.4 Å². The summed E-state index contributed by atoms with van der Waals surface area (Å²) in [4.78, 5) is 4.71. The predicted octanol–water partition coefficient (Wildman–Crippen LogP) is 15.4. The van der Waals surface area contributed by atoms with Gasteiger partial charge in [-0.25, -0.2) is 4.98 Å². The summed E-state index contributed by atoms with van der Waals surface area (Å²) < 4.78 is 66.3. The van der Waals surface area contributed by atoms with Gasteiger partial charge in [-0.3, -0.25) is 4.57 Å². The van der Waals surface area contributed by atoms with Crippen LogP contribution in [0.4, 0.5) is 0 Å². The molecule has 67 heavy (non-hydrogen) atoms. The van der Waals surface area contributed by atoms with Gasteiger partial charge in [0.15, 0.2) is 0 Å². The van der Waals surface area contributed by atoms with Crippen molar-refractivity contribution < 1.29 is 38.6 Å². The molecule has 0 aliphatic carbocycles. The molecule has 0 spiro atoms. The van der Waals surface area contributed by atoms with Crippen molar-refractivity contribution in [3.05, 3.63) is 199 Å². The first-order valence-electron chi connectivity index (χ1n) is 25.8. The van der Waals surface area contributed by atoms with Crippen molar-refractivity contribution in [3.63, 3.8) is 0 Å². The standard InChI is InChI=1S/C61H56N4O.Pt/c1-9-41(10-2)43-32-33-62-58(36-43)65-54-27-15-14-24-52(54)53-31-30-49(39-57(53)65)66-48-23-18-22-47(38-48)63-40-64(56-29-17-16-28-55(56)63)59-50(42-20-12-11-13-21-42)25-19-26-51(59)44-34-45(60(3,4)5)37-46(35-44)61(6,7)8;/h11-37,41H,9-10H2,1-8H3;/q-2;/i14D,15D,24D,27D,30D,31D;. The molecule has 10 aromatic rings. The van der Waals surface area contributed by atoms with Gasteiger partial charge in [-0.2, -0.15) is 18.2 Å². The molecule has 6 heteroatoms. The quantitative estimate of drug-likeness (QED) is 0.101. The average Bonchev–Trinajstić information content (AvgIpc) is 3.93. The molecule has 0 aliphatic heterocycles. The average molecular weight is 1060 g/mol. The van der Waals surface area contributed by atoms with Gasteiger partial charge in [0.25, 0.3) is 6.33 Å². The second-order valence-electron chi connectivity index (χ2n) is 19.1. The fourth-order valence-electron chi connectivity index (χ4n) is 9.00. The number of pyridine rings is 1. The van der Waals surface area contributed by atoms with E-state index in [1.807, 2.05) is 47.0 Å². The zero-order chi connectivity index (χ0) is 51.0. The molecule has 0 saturated heterocycles. The van der Waals surface area contributed by atoms with Crippen molar-refractivity contribution in [1.82, 2.24) is 14.1 Å². The molecule has 3 heterocycles. The number of hydrogen-bond acceptors (Lipinski definition) is 2. The van der Waals surface area contributed by atoms with Crippen LogP contribution in [0, 0.1) is 18.5 Å². The Balaban J connectivity index is 0.00000656. The van der Waals surface area contributed by atoms with Gasteiger partial charge in [0.2, 0.25) is 0 Å². The third-order valence-corrected chi connectivity index (χ3v) is 12.7. The first kappa shape index (κ1) is 38.5. The molecule has 0 aliphatic rings. The van der Waals surface area contributed by atoms with Crippen LogP contribution in [0.1, 0.15) is 99.1 Å². The van der Waals surface area contributed by atoms with Gasteiger partial charge in [0.1, 0.15) is 5.82 Å². The first-order valence-corrected chi connectivity index (χ1v) is 22.8. The Labute approximate surface area is 418 Å². The molecule has 0 radical (unpaired) electrons. The van der Waals surface area contributed by atoms with E-state index in [1.54, 1.807) is 16.8 Å². The minimum absolute atomic E-state index is 0. The number of benzene rings is 7. The van der Waals surface area contributed by atoms with E-state index in [9.17, 15) is 2.74 Å². The Morgan fingerprint density at radius 3 is 2.07 bits per heavy atom. The Morgan fingerprint density at radius 1 is 0.657 bits per heavy atom. The Kier molecular flexibility index (Phi) is 10.5. The molecule has 0 bridgehead atoms. The summed E-state index contributed by atoms with van der Waals surface area (Å²) in [5, 5.41) is 0.284. The smallest absolute Gasteiger partial charge is 0.268 e. The fourth-order valence-corrected chi connectivity index (χ4v) is 9.00. The molecule has 7 aromatic carbocycles. The number of ether oxygens (including phenoxy) is 1. The van der Waals surface area contributed by atoms with Crippen molar-refractivity contribution >= 4 is 32.8 Å². The molecular formula is C61H56N4OPt-2. The number of nitrogens with zero attached hydrogens (tertiary/aromatic N) is 4. The Bertz CT molecular complexity index is 3720. The van der Waals surface area contributed by atoms with Crippen LogP contribution in [-0.4, -0.2) is 14.1 Å². The van der Waals surface area contributed by atoms with Crippen LogP contribution in [0.3, 0.4) is 0 Å². The van der Waals surface area contributed by atoms with Gasteiger partial charge in [0.05, 0.1) is 22.2 Å². The van der Waals surface area contributed by atoms with Crippen LogP contribution < -0.4 is 9.30 Å². The van der Waals surface area contributed by atoms with Crippen molar-refractivity contribution in [1.29, 1.82) is 0 Å². The van der Waals surface area contributed by atoms with E-state index in [4.69, 9.17) is 15.2 Å². The van der Waals surface area contributed by atoms with Crippen molar-refractivity contribution in [2.75, 3.05) is 0 Å². The molecule has 0 fully saturated rings. The molecule has 3 aromatic heterocycles. The summed E-state index contributed by atoms with van der Waals surface area (Å²) in [6.07, 6.45) is 7.24. The fraction of sp³-hybridized carbons (Fsp3) is 0.213. The van der Waals surface area contributed by atoms with Gasteiger partial charge in [-0.15, -0.1) is 29.6 Å². The molecule has 10 rings (SSSR count). The zero-order valence-electron chi connectivity index (χ0n) is 45.1. The van der Waals surface area contributed by atoms with E-state index in [-0.39, 0.29) is 95.3 Å². The van der Waals surface area contributed by atoms with Gasteiger partial charge >= 0.3 is 0 Å². The van der Waals surface area contributed by atoms with Gasteiger partial charge in [-0.05, 0) is 99.2 Å². The summed E-state index contributed by atoms with van der Waals surface area (Å²) >= 11 is 0. The maximum atomic E-state index is 9.41. The molecule has 0 saturated carbocycles. The predicted molar refractivity (Wildman–Crippen MR) is 272 cm³/mol. The summed E-state index contributed by atoms with van der Waals surface area (Å²) in [6.45, 7) is 17.8. The summed E-state index contributed by atoms with van der Waals surface area (Å²) in [5.41, 5.74) is 11.4. The van der Waals surface area contributed by atoms with Gasteiger partial charge in [0, 0.05) is 45.6 Å². The molecule has 0 atom stereocenters. The number of hydrogen-bond donors (Lipinski definition) is 0. The summed E-state index contributed by atoms with van der Waals surface area (Å²) in [7, 11) is 0. The van der Waals surface area contributed by atoms with Crippen LogP contribution in [0.25, 0.3) is 72.3 Å². The molecule has 0 unspecified atom stereocenters. The minimum atomic E-state index is -0.428. The van der Waals surface area contributed by atoms with Crippen LogP contribution >= 0.6 is 0 Å². The number of rotatable bonds is 10. The van der Waals surface area contributed by atoms with E-state index in [2.05, 4.69) is 151 Å². The van der Waals surface area contributed by atoms with Crippen molar-refractivity contribution in [2.45, 2.75) is 85.0 Å². The topological polar surface area (TPSA) is 35.9 Å². The molecule has 0 N–H and O–H groups in total. The van der Waals surface area contributed by atoms with Crippen LogP contribution in [0.15, 0.2) is 164 Å². The maximum absolute atomic E-state index is 9.41. The van der Waals surface area contributed by atoms with E-state index in [0.29, 0.717) is 11.5 Å². The summed E-state index contributed by atoms with van der Waals surface area (Å²) in [6, 6.07) is 46.2.